The third-order valence-corrected chi connectivity index (χ3v) is 4.88. The summed E-state index contributed by atoms with van der Waals surface area (Å²) in [5.41, 5.74) is 2.07. The maximum absolute atomic E-state index is 12.6. The molecule has 0 aliphatic carbocycles. The number of hydrogen-bond acceptors (Lipinski definition) is 1. The van der Waals surface area contributed by atoms with Crippen LogP contribution in [0.25, 0.3) is 0 Å². The number of aryl methyl sites for hydroxylation is 1. The molecule has 2 nitrogen and oxygen atoms in total. The van der Waals surface area contributed by atoms with E-state index >= 15 is 0 Å². The molecular formula is C14H23NOS. The minimum atomic E-state index is -2.63. The van der Waals surface area contributed by atoms with E-state index in [-0.39, 0.29) is 5.41 Å². The lowest BCUT2D eigenvalue weighted by Crippen LogP contribution is -2.20. The Labute approximate surface area is 106 Å². The Morgan fingerprint density at radius 1 is 1.18 bits per heavy atom. The van der Waals surface area contributed by atoms with E-state index in [1.807, 2.05) is 38.1 Å². The van der Waals surface area contributed by atoms with Gasteiger partial charge in [-0.3, -0.25) is 4.21 Å². The van der Waals surface area contributed by atoms with E-state index in [4.69, 9.17) is 0 Å². The van der Waals surface area contributed by atoms with Gasteiger partial charge in [-0.1, -0.05) is 38.5 Å². The first kappa shape index (κ1) is 14.1. The molecule has 0 radical (unpaired) electrons. The fourth-order valence-corrected chi connectivity index (χ4v) is 3.01. The molecule has 1 aromatic carbocycles. The van der Waals surface area contributed by atoms with Crippen LogP contribution in [-0.2, 0) is 10.1 Å². The fourth-order valence-electron chi connectivity index (χ4n) is 1.32. The van der Waals surface area contributed by atoms with Gasteiger partial charge in [0.15, 0.2) is 0 Å². The topological polar surface area (TPSA) is 29.4 Å². The molecule has 1 aromatic rings. The Morgan fingerprint density at radius 2 is 1.65 bits per heavy atom. The van der Waals surface area contributed by atoms with Gasteiger partial charge in [0.2, 0.25) is 0 Å². The summed E-state index contributed by atoms with van der Waals surface area (Å²) in [5, 5.41) is 0. The normalized spacial score (nSPS) is 14.8. The average Bonchev–Trinajstić information content (AvgIpc) is 2.16. The monoisotopic (exact) mass is 253 g/mol. The van der Waals surface area contributed by atoms with Crippen molar-refractivity contribution < 1.29 is 4.21 Å². The van der Waals surface area contributed by atoms with Crippen molar-refractivity contribution in [2.24, 2.45) is 9.81 Å². The maximum Gasteiger partial charge on any atom is 0.0331 e. The summed E-state index contributed by atoms with van der Waals surface area (Å²) >= 11 is 0. The Bertz CT molecular complexity index is 466. The van der Waals surface area contributed by atoms with Gasteiger partial charge in [0, 0.05) is 22.3 Å². The van der Waals surface area contributed by atoms with Crippen molar-refractivity contribution >= 4 is 15.8 Å². The molecular weight excluding hydrogens is 230 g/mol. The molecule has 0 fully saturated rings. The Balaban J connectivity index is 3.13. The molecule has 0 saturated carbocycles. The highest BCUT2D eigenvalue weighted by atomic mass is 32.3. The number of rotatable bonds is 2. The molecule has 0 heterocycles. The molecule has 0 saturated heterocycles. The molecule has 0 aliphatic rings. The second kappa shape index (κ2) is 4.73. The lowest BCUT2D eigenvalue weighted by molar-refractivity contribution is 0.588. The first-order chi connectivity index (χ1) is 7.63. The summed E-state index contributed by atoms with van der Waals surface area (Å²) < 4.78 is 17.0. The van der Waals surface area contributed by atoms with Gasteiger partial charge in [-0.25, -0.2) is 4.40 Å². The van der Waals surface area contributed by atoms with E-state index in [1.165, 1.54) is 5.56 Å². The zero-order valence-corrected chi connectivity index (χ0v) is 12.5. The molecule has 0 amide bonds. The molecule has 1 rings (SSSR count). The fraction of sp³-hybridized carbons (Fsp3) is 0.500. The van der Waals surface area contributed by atoms with Crippen molar-refractivity contribution in [1.82, 2.24) is 0 Å². The van der Waals surface area contributed by atoms with Crippen LogP contribution in [-0.4, -0.2) is 16.2 Å². The Kier molecular flexibility index (Phi) is 3.92. The largest absolute Gasteiger partial charge is 0.260 e. The standard InChI is InChI=1S/C14H23NOS/c1-11-7-9-13(10-8-11)17(6,16)15-12(2)14(3,4)5/h7-10,17H,1-6H3/b15-12+. The van der Waals surface area contributed by atoms with Crippen LogP contribution in [0.3, 0.4) is 0 Å². The van der Waals surface area contributed by atoms with Crippen molar-refractivity contribution in [1.29, 1.82) is 0 Å². The van der Waals surface area contributed by atoms with Gasteiger partial charge < -0.3 is 0 Å². The predicted octanol–water partition coefficient (Wildman–Crippen LogP) is 3.42. The molecule has 0 atom stereocenters. The number of thiol groups is 1. The Morgan fingerprint density at radius 3 is 2.06 bits per heavy atom. The molecule has 0 N–H and O–H groups in total. The minimum absolute atomic E-state index is 0.0314. The van der Waals surface area contributed by atoms with Crippen LogP contribution in [0, 0.1) is 12.3 Å². The van der Waals surface area contributed by atoms with Gasteiger partial charge in [-0.15, -0.1) is 0 Å². The SMILES string of the molecule is C/C(=N\[SH](C)(=O)c1ccc(C)cc1)C(C)(C)C. The highest BCUT2D eigenvalue weighted by molar-refractivity contribution is 8.01. The first-order valence-corrected chi connectivity index (χ1v) is 7.96. The molecule has 0 spiro atoms. The summed E-state index contributed by atoms with van der Waals surface area (Å²) in [6, 6.07) is 7.78. The highest BCUT2D eigenvalue weighted by Gasteiger charge is 2.18. The number of nitrogens with zero attached hydrogens (tertiary/aromatic N) is 1. The molecule has 3 heteroatoms. The predicted molar refractivity (Wildman–Crippen MR) is 77.5 cm³/mol. The second-order valence-corrected chi connectivity index (χ2v) is 8.12. The molecule has 0 aliphatic heterocycles. The molecule has 0 aromatic heterocycles. The van der Waals surface area contributed by atoms with Crippen molar-refractivity contribution in [3.63, 3.8) is 0 Å². The zero-order chi connectivity index (χ0) is 13.3. The van der Waals surface area contributed by atoms with Crippen LogP contribution in [0.4, 0.5) is 0 Å². The quantitative estimate of drug-likeness (QED) is 0.635. The average molecular weight is 253 g/mol. The van der Waals surface area contributed by atoms with Crippen LogP contribution >= 0.6 is 0 Å². The zero-order valence-electron chi connectivity index (χ0n) is 11.6. The third kappa shape index (κ3) is 3.77. The van der Waals surface area contributed by atoms with Gasteiger partial charge in [0.1, 0.15) is 0 Å². The van der Waals surface area contributed by atoms with Crippen LogP contribution < -0.4 is 0 Å². The molecule has 17 heavy (non-hydrogen) atoms. The van der Waals surface area contributed by atoms with Crippen molar-refractivity contribution in [3.05, 3.63) is 29.8 Å². The van der Waals surface area contributed by atoms with Crippen molar-refractivity contribution in [2.45, 2.75) is 39.5 Å². The molecule has 96 valence electrons. The van der Waals surface area contributed by atoms with E-state index in [0.717, 1.165) is 10.6 Å². The summed E-state index contributed by atoms with van der Waals surface area (Å²) in [6.45, 7) is 10.2. The highest BCUT2D eigenvalue weighted by Crippen LogP contribution is 2.23. The van der Waals surface area contributed by atoms with Crippen LogP contribution in [0.2, 0.25) is 0 Å². The maximum atomic E-state index is 12.6. The van der Waals surface area contributed by atoms with Gasteiger partial charge in [0.05, 0.1) is 0 Å². The van der Waals surface area contributed by atoms with Crippen molar-refractivity contribution in [2.75, 3.05) is 6.26 Å². The van der Waals surface area contributed by atoms with Gasteiger partial charge >= 0.3 is 0 Å². The number of hydrogen-bond donors (Lipinski definition) is 1. The van der Waals surface area contributed by atoms with Crippen LogP contribution in [0.1, 0.15) is 33.3 Å². The molecule has 0 bridgehead atoms. The van der Waals surface area contributed by atoms with E-state index in [9.17, 15) is 4.21 Å². The minimum Gasteiger partial charge on any atom is -0.260 e. The van der Waals surface area contributed by atoms with Gasteiger partial charge in [-0.05, 0) is 36.1 Å². The third-order valence-electron chi connectivity index (χ3n) is 2.94. The van der Waals surface area contributed by atoms with Gasteiger partial charge in [0.25, 0.3) is 0 Å². The van der Waals surface area contributed by atoms with Gasteiger partial charge in [-0.2, -0.15) is 0 Å². The summed E-state index contributed by atoms with van der Waals surface area (Å²) in [7, 11) is -2.63. The Hall–Kier alpha value is -0.960. The van der Waals surface area contributed by atoms with E-state index < -0.39 is 10.1 Å². The van der Waals surface area contributed by atoms with Crippen LogP contribution in [0.15, 0.2) is 33.6 Å². The summed E-state index contributed by atoms with van der Waals surface area (Å²) in [4.78, 5) is 0.826. The summed E-state index contributed by atoms with van der Waals surface area (Å²) in [6.07, 6.45) is 1.73. The first-order valence-electron chi connectivity index (χ1n) is 5.85. The second-order valence-electron chi connectivity index (χ2n) is 5.65. The lowest BCUT2D eigenvalue weighted by atomic mass is 9.91. The van der Waals surface area contributed by atoms with E-state index in [2.05, 4.69) is 25.2 Å². The van der Waals surface area contributed by atoms with E-state index in [0.29, 0.717) is 0 Å². The van der Waals surface area contributed by atoms with Crippen LogP contribution in [0.5, 0.6) is 0 Å². The molecule has 0 unspecified atom stereocenters. The number of benzene rings is 1. The smallest absolute Gasteiger partial charge is 0.0331 e. The van der Waals surface area contributed by atoms with Crippen molar-refractivity contribution in [3.8, 4) is 0 Å². The summed E-state index contributed by atoms with van der Waals surface area (Å²) in [5.74, 6) is 0. The lowest BCUT2D eigenvalue weighted by Gasteiger charge is -2.22. The van der Waals surface area contributed by atoms with E-state index in [1.54, 1.807) is 6.26 Å².